The van der Waals surface area contributed by atoms with Crippen LogP contribution >= 0.6 is 0 Å². The molecule has 8 nitrogen and oxygen atoms in total. The number of carboxylic acid groups (broad SMARTS) is 1. The number of rotatable bonds is 13. The van der Waals surface area contributed by atoms with E-state index >= 15 is 0 Å². The summed E-state index contributed by atoms with van der Waals surface area (Å²) in [4.78, 5) is 34.2. The Bertz CT molecular complexity index is 916. The normalized spacial score (nSPS) is 12.0. The van der Waals surface area contributed by atoms with Gasteiger partial charge >= 0.3 is 12.1 Å². The maximum absolute atomic E-state index is 12.1. The van der Waals surface area contributed by atoms with E-state index in [4.69, 9.17) is 14.6 Å². The van der Waals surface area contributed by atoms with Crippen LogP contribution in [0.3, 0.4) is 0 Å². The van der Waals surface area contributed by atoms with Crippen molar-refractivity contribution in [2.24, 2.45) is 0 Å². The molecule has 1 aliphatic rings. The summed E-state index contributed by atoms with van der Waals surface area (Å²) in [5.41, 5.74) is 4.72. The van der Waals surface area contributed by atoms with Gasteiger partial charge in [0.25, 0.3) is 0 Å². The van der Waals surface area contributed by atoms with Crippen LogP contribution in [0.1, 0.15) is 42.7 Å². The topological polar surface area (TPSA) is 114 Å². The Morgan fingerprint density at radius 3 is 2.15 bits per heavy atom. The lowest BCUT2D eigenvalue weighted by molar-refractivity contribution is -0.138. The predicted molar refractivity (Wildman–Crippen MR) is 123 cm³/mol. The summed E-state index contributed by atoms with van der Waals surface area (Å²) >= 11 is 0. The number of alkyl carbamates (subject to hydrolysis) is 1. The molecule has 33 heavy (non-hydrogen) atoms. The minimum absolute atomic E-state index is 0.0277. The smallest absolute Gasteiger partial charge is 0.407 e. The van der Waals surface area contributed by atoms with E-state index in [1.165, 1.54) is 22.3 Å². The van der Waals surface area contributed by atoms with Crippen LogP contribution in [0.25, 0.3) is 11.1 Å². The van der Waals surface area contributed by atoms with E-state index in [1.807, 2.05) is 24.3 Å². The molecule has 0 radical (unpaired) electrons. The van der Waals surface area contributed by atoms with Crippen LogP contribution in [-0.2, 0) is 19.1 Å². The zero-order valence-electron chi connectivity index (χ0n) is 18.5. The molecule has 0 spiro atoms. The number of carbonyl (C=O) groups is 3. The number of nitrogens with one attached hydrogen (secondary N) is 2. The molecular formula is C25H30N2O6. The zero-order chi connectivity index (χ0) is 23.5. The molecule has 176 valence electrons. The lowest BCUT2D eigenvalue weighted by atomic mass is 9.98. The Labute approximate surface area is 193 Å². The Morgan fingerprint density at radius 1 is 0.818 bits per heavy atom. The number of aliphatic carboxylic acids is 1. The third kappa shape index (κ3) is 7.32. The molecule has 0 saturated carbocycles. The average molecular weight is 455 g/mol. The van der Waals surface area contributed by atoms with Gasteiger partial charge < -0.3 is 25.2 Å². The molecule has 2 aromatic rings. The number of hydrogen-bond acceptors (Lipinski definition) is 5. The molecule has 0 saturated heterocycles. The van der Waals surface area contributed by atoms with Gasteiger partial charge in [-0.05, 0) is 35.1 Å². The quantitative estimate of drug-likeness (QED) is 0.400. The van der Waals surface area contributed by atoms with Crippen LogP contribution in [0.4, 0.5) is 4.79 Å². The molecule has 0 heterocycles. The SMILES string of the molecule is O=C(O)CCOCCNC(=O)CCCCNC(=O)OCC1c2ccccc2-c2ccccc21. The number of amides is 2. The lowest BCUT2D eigenvalue weighted by Gasteiger charge is -2.14. The standard InChI is InChI=1S/C25H30N2O6/c28-23(26-14-16-32-15-12-24(29)30)11-5-6-13-27-25(31)33-17-22-20-9-3-1-7-18(20)19-8-2-4-10-21(19)22/h1-4,7-10,22H,5-6,11-17H2,(H,26,28)(H,27,31)(H,29,30). The van der Waals surface area contributed by atoms with E-state index in [9.17, 15) is 14.4 Å². The highest BCUT2D eigenvalue weighted by molar-refractivity contribution is 5.79. The first kappa shape index (κ1) is 24.3. The Morgan fingerprint density at radius 2 is 1.48 bits per heavy atom. The van der Waals surface area contributed by atoms with Crippen molar-refractivity contribution in [3.8, 4) is 11.1 Å². The Kier molecular flexibility index (Phi) is 9.26. The van der Waals surface area contributed by atoms with Crippen molar-refractivity contribution in [2.75, 3.05) is 32.9 Å². The zero-order valence-corrected chi connectivity index (χ0v) is 18.5. The van der Waals surface area contributed by atoms with Gasteiger partial charge in [0.2, 0.25) is 5.91 Å². The van der Waals surface area contributed by atoms with Gasteiger partial charge in [-0.2, -0.15) is 0 Å². The van der Waals surface area contributed by atoms with E-state index in [0.29, 0.717) is 32.4 Å². The number of ether oxygens (including phenoxy) is 2. The monoisotopic (exact) mass is 454 g/mol. The summed E-state index contributed by atoms with van der Waals surface area (Å²) in [6.45, 7) is 1.46. The van der Waals surface area contributed by atoms with Crippen LogP contribution < -0.4 is 10.6 Å². The van der Waals surface area contributed by atoms with Gasteiger partial charge in [-0.25, -0.2) is 4.79 Å². The first-order chi connectivity index (χ1) is 16.1. The lowest BCUT2D eigenvalue weighted by Crippen LogP contribution is -2.28. The van der Waals surface area contributed by atoms with Gasteiger partial charge in [0.1, 0.15) is 6.61 Å². The van der Waals surface area contributed by atoms with Crippen molar-refractivity contribution in [2.45, 2.75) is 31.6 Å². The molecule has 8 heteroatoms. The number of benzene rings is 2. The van der Waals surface area contributed by atoms with E-state index in [1.54, 1.807) is 0 Å². The molecule has 0 bridgehead atoms. The first-order valence-electron chi connectivity index (χ1n) is 11.2. The van der Waals surface area contributed by atoms with Crippen molar-refractivity contribution >= 4 is 18.0 Å². The van der Waals surface area contributed by atoms with Gasteiger partial charge in [0.15, 0.2) is 0 Å². The van der Waals surface area contributed by atoms with Crippen molar-refractivity contribution in [3.05, 3.63) is 59.7 Å². The molecule has 0 fully saturated rings. The molecule has 2 aromatic carbocycles. The molecule has 2 amide bonds. The molecule has 3 N–H and O–H groups in total. The molecular weight excluding hydrogens is 424 g/mol. The number of hydrogen-bond donors (Lipinski definition) is 3. The summed E-state index contributed by atoms with van der Waals surface area (Å²) < 4.78 is 10.6. The number of carbonyl (C=O) groups excluding carboxylic acids is 2. The molecule has 1 aliphatic carbocycles. The van der Waals surface area contributed by atoms with Gasteiger partial charge in [0, 0.05) is 25.4 Å². The van der Waals surface area contributed by atoms with Gasteiger partial charge in [0.05, 0.1) is 19.6 Å². The van der Waals surface area contributed by atoms with Crippen molar-refractivity contribution in [3.63, 3.8) is 0 Å². The van der Waals surface area contributed by atoms with Crippen molar-refractivity contribution in [1.29, 1.82) is 0 Å². The Balaban J connectivity index is 1.27. The molecule has 3 rings (SSSR count). The van der Waals surface area contributed by atoms with Crippen LogP contribution in [0, 0.1) is 0 Å². The van der Waals surface area contributed by atoms with E-state index in [0.717, 1.165) is 0 Å². The van der Waals surface area contributed by atoms with Gasteiger partial charge in [-0.15, -0.1) is 0 Å². The minimum atomic E-state index is -0.911. The summed E-state index contributed by atoms with van der Waals surface area (Å²) in [5, 5.41) is 14.0. The fourth-order valence-electron chi connectivity index (χ4n) is 3.86. The van der Waals surface area contributed by atoms with E-state index in [-0.39, 0.29) is 38.1 Å². The minimum Gasteiger partial charge on any atom is -0.481 e. The summed E-state index contributed by atoms with van der Waals surface area (Å²) in [6, 6.07) is 16.4. The summed E-state index contributed by atoms with van der Waals surface area (Å²) in [5.74, 6) is -0.983. The number of fused-ring (bicyclic) bond motifs is 3. The Hall–Kier alpha value is -3.39. The molecule has 0 aromatic heterocycles. The average Bonchev–Trinajstić information content (AvgIpc) is 3.13. The fourth-order valence-corrected chi connectivity index (χ4v) is 3.86. The largest absolute Gasteiger partial charge is 0.481 e. The van der Waals surface area contributed by atoms with Gasteiger partial charge in [-0.3, -0.25) is 9.59 Å². The fraction of sp³-hybridized carbons (Fsp3) is 0.400. The second kappa shape index (κ2) is 12.6. The summed E-state index contributed by atoms with van der Waals surface area (Å²) in [6.07, 6.45) is 1.13. The molecule has 0 aliphatic heterocycles. The molecule has 0 unspecified atom stereocenters. The maximum Gasteiger partial charge on any atom is 0.407 e. The second-order valence-corrected chi connectivity index (χ2v) is 7.82. The van der Waals surface area contributed by atoms with Crippen LogP contribution in [0.2, 0.25) is 0 Å². The van der Waals surface area contributed by atoms with Crippen molar-refractivity contribution in [1.82, 2.24) is 10.6 Å². The highest BCUT2D eigenvalue weighted by Gasteiger charge is 2.28. The summed E-state index contributed by atoms with van der Waals surface area (Å²) in [7, 11) is 0. The first-order valence-corrected chi connectivity index (χ1v) is 11.2. The third-order valence-corrected chi connectivity index (χ3v) is 5.47. The van der Waals surface area contributed by atoms with E-state index in [2.05, 4.69) is 34.9 Å². The van der Waals surface area contributed by atoms with Crippen LogP contribution in [0.15, 0.2) is 48.5 Å². The number of carboxylic acids is 1. The highest BCUT2D eigenvalue weighted by atomic mass is 16.5. The maximum atomic E-state index is 12.1. The highest BCUT2D eigenvalue weighted by Crippen LogP contribution is 2.44. The van der Waals surface area contributed by atoms with Gasteiger partial charge in [-0.1, -0.05) is 48.5 Å². The van der Waals surface area contributed by atoms with E-state index < -0.39 is 12.1 Å². The van der Waals surface area contributed by atoms with Crippen LogP contribution in [0.5, 0.6) is 0 Å². The molecule has 0 atom stereocenters. The predicted octanol–water partition coefficient (Wildman–Crippen LogP) is 3.30. The number of unbranched alkanes of at least 4 members (excludes halogenated alkanes) is 1. The second-order valence-electron chi connectivity index (χ2n) is 7.82. The van der Waals surface area contributed by atoms with Crippen molar-refractivity contribution < 1.29 is 29.0 Å². The third-order valence-electron chi connectivity index (χ3n) is 5.47. The van der Waals surface area contributed by atoms with Crippen LogP contribution in [-0.4, -0.2) is 56.0 Å².